The second-order valence-electron chi connectivity index (χ2n) is 4.29. The van der Waals surface area contributed by atoms with Crippen LogP contribution in [0.25, 0.3) is 0 Å². The van der Waals surface area contributed by atoms with Crippen LogP contribution >= 0.6 is 15.9 Å². The van der Waals surface area contributed by atoms with Crippen molar-refractivity contribution in [3.63, 3.8) is 0 Å². The second-order valence-corrected chi connectivity index (χ2v) is 5.20. The fourth-order valence-corrected chi connectivity index (χ4v) is 2.17. The van der Waals surface area contributed by atoms with Gasteiger partial charge in [-0.2, -0.15) is 5.26 Å². The van der Waals surface area contributed by atoms with Crippen molar-refractivity contribution in [1.82, 2.24) is 0 Å². The van der Waals surface area contributed by atoms with Crippen LogP contribution in [0.15, 0.2) is 40.9 Å². The molecule has 0 amide bonds. The van der Waals surface area contributed by atoms with E-state index in [1.807, 2.05) is 31.2 Å². The number of anilines is 1. The van der Waals surface area contributed by atoms with Crippen LogP contribution in [-0.2, 0) is 6.54 Å². The predicted octanol–water partition coefficient (Wildman–Crippen LogP) is 3.95. The molecular weight excluding hydrogens is 304 g/mol. The van der Waals surface area contributed by atoms with Crippen molar-refractivity contribution in [2.75, 3.05) is 5.32 Å². The molecule has 0 spiro atoms. The minimum atomic E-state index is 0.258. The SMILES string of the molecule is Cc1ccc(O)c(CNc2ccc(Br)cc2C#N)c1. The van der Waals surface area contributed by atoms with Crippen LogP contribution in [0, 0.1) is 18.3 Å². The first-order valence-corrected chi connectivity index (χ1v) is 6.61. The van der Waals surface area contributed by atoms with Gasteiger partial charge in [0, 0.05) is 16.6 Å². The number of phenols is 1. The third-order valence-electron chi connectivity index (χ3n) is 2.81. The molecule has 0 fully saturated rings. The van der Waals surface area contributed by atoms with Crippen molar-refractivity contribution in [2.45, 2.75) is 13.5 Å². The number of benzene rings is 2. The number of nitriles is 1. The zero-order valence-electron chi connectivity index (χ0n) is 10.4. The number of phenolic OH excluding ortho intramolecular Hbond substituents is 1. The molecule has 0 atom stereocenters. The maximum atomic E-state index is 9.77. The average molecular weight is 317 g/mol. The lowest BCUT2D eigenvalue weighted by Gasteiger charge is -2.10. The quantitative estimate of drug-likeness (QED) is 0.901. The fraction of sp³-hybridized carbons (Fsp3) is 0.133. The summed E-state index contributed by atoms with van der Waals surface area (Å²) in [5, 5.41) is 22.0. The van der Waals surface area contributed by atoms with Crippen LogP contribution in [0.2, 0.25) is 0 Å². The minimum Gasteiger partial charge on any atom is -0.508 e. The van der Waals surface area contributed by atoms with Gasteiger partial charge in [-0.25, -0.2) is 0 Å². The van der Waals surface area contributed by atoms with Gasteiger partial charge in [0.05, 0.1) is 11.3 Å². The number of hydrogen-bond donors (Lipinski definition) is 2. The van der Waals surface area contributed by atoms with Crippen LogP contribution in [0.4, 0.5) is 5.69 Å². The maximum absolute atomic E-state index is 9.77. The largest absolute Gasteiger partial charge is 0.508 e. The first-order valence-electron chi connectivity index (χ1n) is 5.82. The van der Waals surface area contributed by atoms with Gasteiger partial charge in [-0.05, 0) is 31.2 Å². The van der Waals surface area contributed by atoms with Crippen LogP contribution in [0.1, 0.15) is 16.7 Å². The summed E-state index contributed by atoms with van der Waals surface area (Å²) in [6.07, 6.45) is 0. The standard InChI is InChI=1S/C15H13BrN2O/c1-10-2-5-15(19)12(6-10)9-18-14-4-3-13(16)7-11(14)8-17/h2-7,18-19H,9H2,1H3. The molecule has 0 aliphatic carbocycles. The Balaban J connectivity index is 2.19. The molecule has 2 aromatic carbocycles. The van der Waals surface area contributed by atoms with Crippen LogP contribution in [-0.4, -0.2) is 5.11 Å². The van der Waals surface area contributed by atoms with E-state index in [0.717, 1.165) is 21.3 Å². The van der Waals surface area contributed by atoms with E-state index in [4.69, 9.17) is 5.26 Å². The van der Waals surface area contributed by atoms with Gasteiger partial charge >= 0.3 is 0 Å². The molecule has 0 heterocycles. The molecule has 96 valence electrons. The van der Waals surface area contributed by atoms with Crippen molar-refractivity contribution in [1.29, 1.82) is 5.26 Å². The molecule has 3 nitrogen and oxygen atoms in total. The first kappa shape index (κ1) is 13.4. The first-order chi connectivity index (χ1) is 9.10. The van der Waals surface area contributed by atoms with E-state index in [1.54, 1.807) is 12.1 Å². The van der Waals surface area contributed by atoms with E-state index in [0.29, 0.717) is 12.1 Å². The predicted molar refractivity (Wildman–Crippen MR) is 79.0 cm³/mol. The number of nitrogens with zero attached hydrogens (tertiary/aromatic N) is 1. The molecule has 0 aromatic heterocycles. The lowest BCUT2D eigenvalue weighted by atomic mass is 10.1. The van der Waals surface area contributed by atoms with Gasteiger partial charge in [0.1, 0.15) is 11.8 Å². The van der Waals surface area contributed by atoms with Crippen LogP contribution in [0.5, 0.6) is 5.75 Å². The minimum absolute atomic E-state index is 0.258. The van der Waals surface area contributed by atoms with Crippen molar-refractivity contribution in [2.24, 2.45) is 0 Å². The molecule has 0 saturated heterocycles. The van der Waals surface area contributed by atoms with E-state index in [-0.39, 0.29) is 5.75 Å². The number of hydrogen-bond acceptors (Lipinski definition) is 3. The summed E-state index contributed by atoms with van der Waals surface area (Å²) >= 11 is 3.34. The lowest BCUT2D eigenvalue weighted by molar-refractivity contribution is 0.469. The number of aromatic hydroxyl groups is 1. The molecule has 2 rings (SSSR count). The Morgan fingerprint density at radius 2 is 2.05 bits per heavy atom. The summed E-state index contributed by atoms with van der Waals surface area (Å²) in [7, 11) is 0. The molecular formula is C15H13BrN2O. The summed E-state index contributed by atoms with van der Waals surface area (Å²) in [5.41, 5.74) is 3.23. The Morgan fingerprint density at radius 3 is 2.79 bits per heavy atom. The van der Waals surface area contributed by atoms with Gasteiger partial charge in [-0.1, -0.05) is 33.6 Å². The van der Waals surface area contributed by atoms with E-state index in [2.05, 4.69) is 27.3 Å². The normalized spacial score (nSPS) is 9.95. The highest BCUT2D eigenvalue weighted by atomic mass is 79.9. The van der Waals surface area contributed by atoms with Gasteiger partial charge in [-0.15, -0.1) is 0 Å². The highest BCUT2D eigenvalue weighted by Gasteiger charge is 2.05. The summed E-state index contributed by atoms with van der Waals surface area (Å²) in [4.78, 5) is 0. The average Bonchev–Trinajstić information content (AvgIpc) is 2.40. The van der Waals surface area contributed by atoms with Gasteiger partial charge < -0.3 is 10.4 Å². The van der Waals surface area contributed by atoms with Gasteiger partial charge in [0.15, 0.2) is 0 Å². The van der Waals surface area contributed by atoms with E-state index in [9.17, 15) is 5.11 Å². The van der Waals surface area contributed by atoms with Gasteiger partial charge in [-0.3, -0.25) is 0 Å². The van der Waals surface area contributed by atoms with Crippen LogP contribution in [0.3, 0.4) is 0 Å². The molecule has 0 aliphatic heterocycles. The summed E-state index contributed by atoms with van der Waals surface area (Å²) < 4.78 is 0.869. The number of nitrogens with one attached hydrogen (secondary N) is 1. The Hall–Kier alpha value is -1.99. The fourth-order valence-electron chi connectivity index (χ4n) is 1.81. The van der Waals surface area contributed by atoms with Gasteiger partial charge in [0.25, 0.3) is 0 Å². The van der Waals surface area contributed by atoms with E-state index < -0.39 is 0 Å². The highest BCUT2D eigenvalue weighted by Crippen LogP contribution is 2.23. The van der Waals surface area contributed by atoms with E-state index in [1.165, 1.54) is 0 Å². The third kappa shape index (κ3) is 3.27. The molecule has 0 bridgehead atoms. The maximum Gasteiger partial charge on any atom is 0.120 e. The lowest BCUT2D eigenvalue weighted by Crippen LogP contribution is -2.02. The van der Waals surface area contributed by atoms with Crippen molar-refractivity contribution in [3.8, 4) is 11.8 Å². The molecule has 0 radical (unpaired) electrons. The number of aryl methyl sites for hydroxylation is 1. The third-order valence-corrected chi connectivity index (χ3v) is 3.30. The zero-order chi connectivity index (χ0) is 13.8. The topological polar surface area (TPSA) is 56.0 Å². The number of halogens is 1. The summed E-state index contributed by atoms with van der Waals surface area (Å²) in [5.74, 6) is 0.258. The molecule has 2 N–H and O–H groups in total. The molecule has 0 aliphatic rings. The van der Waals surface area contributed by atoms with Crippen molar-refractivity contribution >= 4 is 21.6 Å². The zero-order valence-corrected chi connectivity index (χ0v) is 12.0. The summed E-state index contributed by atoms with van der Waals surface area (Å²) in [6, 6.07) is 13.1. The Kier molecular flexibility index (Phi) is 4.08. The monoisotopic (exact) mass is 316 g/mol. The second kappa shape index (κ2) is 5.77. The Labute approximate surface area is 120 Å². The highest BCUT2D eigenvalue weighted by molar-refractivity contribution is 9.10. The van der Waals surface area contributed by atoms with Crippen molar-refractivity contribution in [3.05, 3.63) is 57.6 Å². The molecule has 0 unspecified atom stereocenters. The summed E-state index contributed by atoms with van der Waals surface area (Å²) in [6.45, 7) is 2.45. The molecule has 4 heteroatoms. The Morgan fingerprint density at radius 1 is 1.26 bits per heavy atom. The number of rotatable bonds is 3. The molecule has 19 heavy (non-hydrogen) atoms. The molecule has 2 aromatic rings. The molecule has 0 saturated carbocycles. The smallest absolute Gasteiger partial charge is 0.120 e. The van der Waals surface area contributed by atoms with Gasteiger partial charge in [0.2, 0.25) is 0 Å². The Bertz CT molecular complexity index is 647. The van der Waals surface area contributed by atoms with Crippen LogP contribution < -0.4 is 5.32 Å². The van der Waals surface area contributed by atoms with Crippen molar-refractivity contribution < 1.29 is 5.11 Å². The van der Waals surface area contributed by atoms with E-state index >= 15 is 0 Å².